The zero-order valence-corrected chi connectivity index (χ0v) is 11.5. The summed E-state index contributed by atoms with van der Waals surface area (Å²) in [5.74, 6) is 0.277. The molecule has 1 fully saturated rings. The summed E-state index contributed by atoms with van der Waals surface area (Å²) in [7, 11) is 0. The van der Waals surface area contributed by atoms with E-state index >= 15 is 0 Å². The van der Waals surface area contributed by atoms with Crippen LogP contribution in [-0.4, -0.2) is 24.3 Å². The number of rotatable bonds is 1. The summed E-state index contributed by atoms with van der Waals surface area (Å²) in [4.78, 5) is 4.71. The lowest BCUT2D eigenvalue weighted by Crippen LogP contribution is -2.32. The van der Waals surface area contributed by atoms with Crippen molar-refractivity contribution in [2.75, 3.05) is 11.9 Å². The van der Waals surface area contributed by atoms with Crippen LogP contribution in [0.3, 0.4) is 0 Å². The standard InChI is InChI=1S/C16H16N2O2/c1-16(2)19-9-13(20-16)15-17-11-7-3-5-10-6-4-8-12(18-15)14(10)11/h3-8,13H,9H2,1-2H3,(H,17,18)/t13-/m1/s1. The Balaban J connectivity index is 1.79. The minimum absolute atomic E-state index is 0.145. The molecule has 0 radical (unpaired) electrons. The van der Waals surface area contributed by atoms with Gasteiger partial charge < -0.3 is 14.8 Å². The predicted octanol–water partition coefficient (Wildman–Crippen LogP) is 3.45. The number of ether oxygens (including phenoxy) is 2. The normalized spacial score (nSPS) is 23.5. The number of benzene rings is 2. The van der Waals surface area contributed by atoms with Crippen molar-refractivity contribution in [3.63, 3.8) is 0 Å². The van der Waals surface area contributed by atoms with Crippen molar-refractivity contribution in [3.05, 3.63) is 36.4 Å². The van der Waals surface area contributed by atoms with Crippen LogP contribution in [0.4, 0.5) is 11.4 Å². The van der Waals surface area contributed by atoms with E-state index in [1.54, 1.807) is 0 Å². The second-order valence-electron chi connectivity index (χ2n) is 5.62. The second-order valence-corrected chi connectivity index (χ2v) is 5.62. The molecule has 0 aromatic heterocycles. The van der Waals surface area contributed by atoms with Crippen LogP contribution in [0.5, 0.6) is 0 Å². The Morgan fingerprint density at radius 3 is 2.75 bits per heavy atom. The van der Waals surface area contributed by atoms with Gasteiger partial charge in [-0.2, -0.15) is 0 Å². The molecule has 4 nitrogen and oxygen atoms in total. The molecule has 1 atom stereocenters. The largest absolute Gasteiger partial charge is 0.347 e. The molecule has 4 rings (SSSR count). The summed E-state index contributed by atoms with van der Waals surface area (Å²) in [5, 5.41) is 5.74. The van der Waals surface area contributed by atoms with Crippen molar-refractivity contribution in [3.8, 4) is 0 Å². The third-order valence-electron chi connectivity index (χ3n) is 3.70. The van der Waals surface area contributed by atoms with Gasteiger partial charge >= 0.3 is 0 Å². The van der Waals surface area contributed by atoms with Crippen LogP contribution in [0, 0.1) is 0 Å². The van der Waals surface area contributed by atoms with E-state index < -0.39 is 5.79 Å². The van der Waals surface area contributed by atoms with Crippen molar-refractivity contribution >= 4 is 28.0 Å². The topological polar surface area (TPSA) is 42.8 Å². The van der Waals surface area contributed by atoms with Gasteiger partial charge in [0.15, 0.2) is 5.79 Å². The number of hydrogen-bond acceptors (Lipinski definition) is 4. The fraction of sp³-hybridized carbons (Fsp3) is 0.312. The monoisotopic (exact) mass is 268 g/mol. The first-order valence-corrected chi connectivity index (χ1v) is 6.81. The van der Waals surface area contributed by atoms with Gasteiger partial charge in [0.1, 0.15) is 11.9 Å². The predicted molar refractivity (Wildman–Crippen MR) is 79.6 cm³/mol. The van der Waals surface area contributed by atoms with E-state index in [1.807, 2.05) is 32.0 Å². The SMILES string of the molecule is CC1(C)OC[C@H](C2=Nc3cccc4cccc(c34)N2)O1. The van der Waals surface area contributed by atoms with Gasteiger partial charge in [-0.05, 0) is 31.4 Å². The van der Waals surface area contributed by atoms with Crippen LogP contribution < -0.4 is 5.32 Å². The zero-order valence-electron chi connectivity index (χ0n) is 11.5. The van der Waals surface area contributed by atoms with E-state index in [0.717, 1.165) is 22.6 Å². The smallest absolute Gasteiger partial charge is 0.164 e. The van der Waals surface area contributed by atoms with E-state index in [2.05, 4.69) is 23.5 Å². The Labute approximate surface area is 117 Å². The molecule has 2 aliphatic rings. The van der Waals surface area contributed by atoms with Crippen LogP contribution in [0.1, 0.15) is 13.8 Å². The third-order valence-corrected chi connectivity index (χ3v) is 3.70. The lowest BCUT2D eigenvalue weighted by atomic mass is 10.0. The first-order valence-electron chi connectivity index (χ1n) is 6.81. The molecule has 1 N–H and O–H groups in total. The summed E-state index contributed by atoms with van der Waals surface area (Å²) in [5.41, 5.74) is 2.07. The average molecular weight is 268 g/mol. The van der Waals surface area contributed by atoms with Gasteiger partial charge in [-0.15, -0.1) is 0 Å². The molecule has 0 unspecified atom stereocenters. The Morgan fingerprint density at radius 2 is 2.00 bits per heavy atom. The molecule has 0 amide bonds. The fourth-order valence-corrected chi connectivity index (χ4v) is 2.79. The maximum absolute atomic E-state index is 5.88. The highest BCUT2D eigenvalue weighted by Crippen LogP contribution is 2.37. The minimum atomic E-state index is -0.544. The third kappa shape index (κ3) is 1.80. The van der Waals surface area contributed by atoms with Crippen molar-refractivity contribution in [2.45, 2.75) is 25.7 Å². The second kappa shape index (κ2) is 4.04. The van der Waals surface area contributed by atoms with Crippen molar-refractivity contribution < 1.29 is 9.47 Å². The molecule has 2 heterocycles. The molecule has 102 valence electrons. The number of anilines is 1. The number of amidine groups is 1. The van der Waals surface area contributed by atoms with Gasteiger partial charge in [0.25, 0.3) is 0 Å². The maximum Gasteiger partial charge on any atom is 0.164 e. The van der Waals surface area contributed by atoms with Gasteiger partial charge in [-0.25, -0.2) is 4.99 Å². The summed E-state index contributed by atoms with van der Waals surface area (Å²) in [6.45, 7) is 4.37. The quantitative estimate of drug-likeness (QED) is 0.861. The molecule has 0 spiro atoms. The molecular weight excluding hydrogens is 252 g/mol. The van der Waals surface area contributed by atoms with E-state index in [0.29, 0.717) is 6.61 Å². The van der Waals surface area contributed by atoms with Crippen molar-refractivity contribution in [1.82, 2.24) is 0 Å². The Kier molecular flexibility index (Phi) is 2.40. The number of nitrogens with one attached hydrogen (secondary N) is 1. The lowest BCUT2D eigenvalue weighted by molar-refractivity contribution is -0.131. The lowest BCUT2D eigenvalue weighted by Gasteiger charge is -2.23. The molecule has 0 saturated carbocycles. The van der Waals surface area contributed by atoms with Gasteiger partial charge in [-0.1, -0.05) is 24.3 Å². The van der Waals surface area contributed by atoms with Crippen molar-refractivity contribution in [1.29, 1.82) is 0 Å². The van der Waals surface area contributed by atoms with Gasteiger partial charge in [0.2, 0.25) is 0 Å². The number of nitrogens with zero attached hydrogens (tertiary/aromatic N) is 1. The summed E-state index contributed by atoms with van der Waals surface area (Å²) < 4.78 is 11.5. The molecule has 2 aliphatic heterocycles. The minimum Gasteiger partial charge on any atom is -0.347 e. The van der Waals surface area contributed by atoms with Crippen molar-refractivity contribution in [2.24, 2.45) is 4.99 Å². The fourth-order valence-electron chi connectivity index (χ4n) is 2.79. The highest BCUT2D eigenvalue weighted by molar-refractivity contribution is 6.14. The highest BCUT2D eigenvalue weighted by Gasteiger charge is 2.36. The highest BCUT2D eigenvalue weighted by atomic mass is 16.7. The molecule has 1 saturated heterocycles. The molecule has 2 aromatic carbocycles. The van der Waals surface area contributed by atoms with Gasteiger partial charge in [0, 0.05) is 11.1 Å². The summed E-state index contributed by atoms with van der Waals surface area (Å²) in [6, 6.07) is 12.4. The molecule has 0 bridgehead atoms. The van der Waals surface area contributed by atoms with Gasteiger partial charge in [0.05, 0.1) is 12.3 Å². The first-order chi connectivity index (χ1) is 9.62. The van der Waals surface area contributed by atoms with E-state index in [-0.39, 0.29) is 6.10 Å². The van der Waals surface area contributed by atoms with Crippen LogP contribution in [0.2, 0.25) is 0 Å². The summed E-state index contributed by atoms with van der Waals surface area (Å²) >= 11 is 0. The Bertz CT molecular complexity index is 716. The average Bonchev–Trinajstić information content (AvgIpc) is 2.80. The van der Waals surface area contributed by atoms with Crippen LogP contribution in [-0.2, 0) is 9.47 Å². The number of hydrogen-bond donors (Lipinski definition) is 1. The van der Waals surface area contributed by atoms with Crippen LogP contribution >= 0.6 is 0 Å². The maximum atomic E-state index is 5.88. The molecule has 2 aromatic rings. The molecule has 20 heavy (non-hydrogen) atoms. The molecule has 0 aliphatic carbocycles. The van der Waals surface area contributed by atoms with Crippen LogP contribution in [0.25, 0.3) is 10.8 Å². The zero-order chi connectivity index (χ0) is 13.7. The first kappa shape index (κ1) is 11.9. The van der Waals surface area contributed by atoms with E-state index in [9.17, 15) is 0 Å². The van der Waals surface area contributed by atoms with Crippen LogP contribution in [0.15, 0.2) is 41.4 Å². The molecular formula is C16H16N2O2. The Hall–Kier alpha value is -1.91. The van der Waals surface area contributed by atoms with E-state index in [1.165, 1.54) is 5.39 Å². The molecule has 4 heteroatoms. The van der Waals surface area contributed by atoms with Gasteiger partial charge in [-0.3, -0.25) is 0 Å². The number of aliphatic imine (C=N–C) groups is 1. The Morgan fingerprint density at radius 1 is 1.20 bits per heavy atom. The summed E-state index contributed by atoms with van der Waals surface area (Å²) in [6.07, 6.45) is -0.145. The van der Waals surface area contributed by atoms with E-state index in [4.69, 9.17) is 14.5 Å².